The Hall–Kier alpha value is -0.930. The van der Waals surface area contributed by atoms with Crippen LogP contribution in [0.3, 0.4) is 0 Å². The van der Waals surface area contributed by atoms with Crippen LogP contribution in [0.25, 0.3) is 0 Å². The van der Waals surface area contributed by atoms with Crippen molar-refractivity contribution in [2.24, 2.45) is 11.7 Å². The first kappa shape index (κ1) is 10.2. The normalized spacial score (nSPS) is 15.4. The highest BCUT2D eigenvalue weighted by Crippen LogP contribution is 2.21. The molecule has 0 saturated carbocycles. The molecular weight excluding hydrogens is 169 g/mol. The maximum absolute atomic E-state index is 13.2. The van der Waals surface area contributed by atoms with E-state index in [9.17, 15) is 4.39 Å². The summed E-state index contributed by atoms with van der Waals surface area (Å²) in [4.78, 5) is 0. The molecule has 2 atom stereocenters. The fourth-order valence-corrected chi connectivity index (χ4v) is 1.17. The van der Waals surface area contributed by atoms with Gasteiger partial charge in [0.1, 0.15) is 5.82 Å². The minimum atomic E-state index is -0.439. The SMILES string of the molecule is CC(CO)C(N)c1ccccc1F. The Bertz CT molecular complexity index is 277. The zero-order valence-electron chi connectivity index (χ0n) is 7.57. The Labute approximate surface area is 77.2 Å². The predicted octanol–water partition coefficient (Wildman–Crippen LogP) is 1.45. The summed E-state index contributed by atoms with van der Waals surface area (Å²) in [5.74, 6) is -0.438. The van der Waals surface area contributed by atoms with Gasteiger partial charge in [0, 0.05) is 18.2 Å². The molecular formula is C10H14FNO. The van der Waals surface area contributed by atoms with E-state index in [1.807, 2.05) is 0 Å². The monoisotopic (exact) mass is 183 g/mol. The van der Waals surface area contributed by atoms with Crippen LogP contribution in [0.4, 0.5) is 4.39 Å². The van der Waals surface area contributed by atoms with Crippen molar-refractivity contribution in [3.8, 4) is 0 Å². The summed E-state index contributed by atoms with van der Waals surface area (Å²) in [5.41, 5.74) is 6.21. The lowest BCUT2D eigenvalue weighted by Gasteiger charge is -2.18. The number of aliphatic hydroxyl groups excluding tert-OH is 1. The van der Waals surface area contributed by atoms with Crippen molar-refractivity contribution in [1.82, 2.24) is 0 Å². The van der Waals surface area contributed by atoms with E-state index in [-0.39, 0.29) is 18.3 Å². The Balaban J connectivity index is 2.88. The molecule has 0 aliphatic carbocycles. The summed E-state index contributed by atoms with van der Waals surface area (Å²) in [6, 6.07) is 5.94. The van der Waals surface area contributed by atoms with Gasteiger partial charge in [0.05, 0.1) is 0 Å². The molecule has 3 heteroatoms. The van der Waals surface area contributed by atoms with Crippen LogP contribution < -0.4 is 5.73 Å². The van der Waals surface area contributed by atoms with Gasteiger partial charge in [-0.05, 0) is 12.0 Å². The Morgan fingerprint density at radius 2 is 2.08 bits per heavy atom. The molecule has 0 aliphatic rings. The second kappa shape index (κ2) is 4.35. The topological polar surface area (TPSA) is 46.2 Å². The average Bonchev–Trinajstić information content (AvgIpc) is 2.16. The van der Waals surface area contributed by atoms with Crippen molar-refractivity contribution in [3.05, 3.63) is 35.6 Å². The molecule has 2 nitrogen and oxygen atoms in total. The van der Waals surface area contributed by atoms with Crippen molar-refractivity contribution in [1.29, 1.82) is 0 Å². The first-order valence-corrected chi connectivity index (χ1v) is 4.27. The summed E-state index contributed by atoms with van der Waals surface area (Å²) in [6.45, 7) is 1.76. The van der Waals surface area contributed by atoms with Crippen LogP contribution in [0.5, 0.6) is 0 Å². The lowest BCUT2D eigenvalue weighted by molar-refractivity contribution is 0.216. The number of nitrogens with two attached hydrogens (primary N) is 1. The standard InChI is InChI=1S/C10H14FNO/c1-7(6-13)10(12)8-4-2-3-5-9(8)11/h2-5,7,10,13H,6,12H2,1H3. The summed E-state index contributed by atoms with van der Waals surface area (Å²) in [5, 5.41) is 8.85. The van der Waals surface area contributed by atoms with E-state index in [0.717, 1.165) is 0 Å². The maximum atomic E-state index is 13.2. The third kappa shape index (κ3) is 2.26. The van der Waals surface area contributed by atoms with E-state index in [0.29, 0.717) is 5.56 Å². The highest BCUT2D eigenvalue weighted by molar-refractivity contribution is 5.21. The second-order valence-corrected chi connectivity index (χ2v) is 3.21. The summed E-state index contributed by atoms with van der Waals surface area (Å²) in [6.07, 6.45) is 0. The number of hydrogen-bond acceptors (Lipinski definition) is 2. The van der Waals surface area contributed by atoms with Crippen LogP contribution in [0.2, 0.25) is 0 Å². The molecule has 72 valence electrons. The highest BCUT2D eigenvalue weighted by atomic mass is 19.1. The minimum absolute atomic E-state index is 0.0322. The summed E-state index contributed by atoms with van der Waals surface area (Å²) in [7, 11) is 0. The third-order valence-electron chi connectivity index (χ3n) is 2.17. The Kier molecular flexibility index (Phi) is 3.39. The Morgan fingerprint density at radius 1 is 1.46 bits per heavy atom. The first-order valence-electron chi connectivity index (χ1n) is 4.27. The first-order chi connectivity index (χ1) is 6.16. The fraction of sp³-hybridized carbons (Fsp3) is 0.400. The predicted molar refractivity (Wildman–Crippen MR) is 49.6 cm³/mol. The van der Waals surface area contributed by atoms with Crippen molar-refractivity contribution in [3.63, 3.8) is 0 Å². The van der Waals surface area contributed by atoms with Gasteiger partial charge in [-0.2, -0.15) is 0 Å². The molecule has 0 heterocycles. The molecule has 1 rings (SSSR count). The smallest absolute Gasteiger partial charge is 0.127 e. The molecule has 3 N–H and O–H groups in total. The molecule has 0 aromatic heterocycles. The number of aliphatic hydroxyl groups is 1. The van der Waals surface area contributed by atoms with Crippen molar-refractivity contribution >= 4 is 0 Å². The van der Waals surface area contributed by atoms with E-state index in [2.05, 4.69) is 0 Å². The number of hydrogen-bond donors (Lipinski definition) is 2. The average molecular weight is 183 g/mol. The molecule has 0 fully saturated rings. The van der Waals surface area contributed by atoms with Gasteiger partial charge >= 0.3 is 0 Å². The quantitative estimate of drug-likeness (QED) is 0.745. The van der Waals surface area contributed by atoms with Crippen molar-refractivity contribution in [2.75, 3.05) is 6.61 Å². The molecule has 0 aliphatic heterocycles. The van der Waals surface area contributed by atoms with Gasteiger partial charge in [-0.25, -0.2) is 4.39 Å². The molecule has 0 saturated heterocycles. The lowest BCUT2D eigenvalue weighted by atomic mass is 9.96. The number of benzene rings is 1. The zero-order valence-corrected chi connectivity index (χ0v) is 7.57. The summed E-state index contributed by atoms with van der Waals surface area (Å²) < 4.78 is 13.2. The van der Waals surface area contributed by atoms with Gasteiger partial charge in [-0.15, -0.1) is 0 Å². The molecule has 0 bridgehead atoms. The van der Waals surface area contributed by atoms with E-state index >= 15 is 0 Å². The molecule has 1 aromatic carbocycles. The van der Waals surface area contributed by atoms with Crippen LogP contribution in [0.15, 0.2) is 24.3 Å². The minimum Gasteiger partial charge on any atom is -0.396 e. The Morgan fingerprint density at radius 3 is 2.62 bits per heavy atom. The molecule has 0 spiro atoms. The molecule has 2 unspecified atom stereocenters. The maximum Gasteiger partial charge on any atom is 0.127 e. The van der Waals surface area contributed by atoms with E-state index in [1.165, 1.54) is 6.07 Å². The fourth-order valence-electron chi connectivity index (χ4n) is 1.17. The van der Waals surface area contributed by atoms with Gasteiger partial charge < -0.3 is 10.8 Å². The molecule has 13 heavy (non-hydrogen) atoms. The second-order valence-electron chi connectivity index (χ2n) is 3.21. The number of rotatable bonds is 3. The van der Waals surface area contributed by atoms with Crippen LogP contribution in [-0.2, 0) is 0 Å². The van der Waals surface area contributed by atoms with Gasteiger partial charge in [0.2, 0.25) is 0 Å². The van der Waals surface area contributed by atoms with Gasteiger partial charge in [-0.1, -0.05) is 25.1 Å². The van der Waals surface area contributed by atoms with Crippen molar-refractivity contribution < 1.29 is 9.50 Å². The third-order valence-corrected chi connectivity index (χ3v) is 2.17. The van der Waals surface area contributed by atoms with Gasteiger partial charge in [0.15, 0.2) is 0 Å². The summed E-state index contributed by atoms with van der Waals surface area (Å²) >= 11 is 0. The van der Waals surface area contributed by atoms with Crippen LogP contribution in [0, 0.1) is 11.7 Å². The molecule has 1 aromatic rings. The van der Waals surface area contributed by atoms with Crippen LogP contribution in [0.1, 0.15) is 18.5 Å². The number of halogens is 1. The lowest BCUT2D eigenvalue weighted by Crippen LogP contribution is -2.22. The van der Waals surface area contributed by atoms with Gasteiger partial charge in [-0.3, -0.25) is 0 Å². The van der Waals surface area contributed by atoms with Crippen molar-refractivity contribution in [2.45, 2.75) is 13.0 Å². The molecule has 0 amide bonds. The van der Waals surface area contributed by atoms with Crippen LogP contribution in [-0.4, -0.2) is 11.7 Å². The highest BCUT2D eigenvalue weighted by Gasteiger charge is 2.16. The largest absolute Gasteiger partial charge is 0.396 e. The van der Waals surface area contributed by atoms with Gasteiger partial charge in [0.25, 0.3) is 0 Å². The molecule has 0 radical (unpaired) electrons. The van der Waals surface area contributed by atoms with E-state index < -0.39 is 6.04 Å². The van der Waals surface area contributed by atoms with Crippen LogP contribution >= 0.6 is 0 Å². The zero-order chi connectivity index (χ0) is 9.84. The van der Waals surface area contributed by atoms with E-state index in [4.69, 9.17) is 10.8 Å². The van der Waals surface area contributed by atoms with E-state index in [1.54, 1.807) is 25.1 Å².